The van der Waals surface area contributed by atoms with Crippen molar-refractivity contribution in [3.63, 3.8) is 0 Å². The molecule has 1 fully saturated rings. The lowest BCUT2D eigenvalue weighted by Crippen LogP contribution is -2.16. The maximum Gasteiger partial charge on any atom is 0.137 e. The second-order valence-electron chi connectivity index (χ2n) is 9.30. The van der Waals surface area contributed by atoms with Crippen molar-refractivity contribution in [1.29, 1.82) is 0 Å². The molecule has 0 aromatic heterocycles. The summed E-state index contributed by atoms with van der Waals surface area (Å²) in [5.41, 5.74) is 4.22. The standard InChI is InChI=1S/C26H40O/c1-2-3-4-5-6-7-8-21-9-11-22(12-10-21)13-14-23-15-16-25-20-26(27)18-17-24(25)19-23/h15-16,19,21-22H,2-14,17-18,20H2,1H3. The highest BCUT2D eigenvalue weighted by Crippen LogP contribution is 2.34. The largest absolute Gasteiger partial charge is 0.299 e. The van der Waals surface area contributed by atoms with E-state index >= 15 is 0 Å². The molecule has 1 aromatic rings. The number of carbonyl (C=O) groups excluding carboxylic acids is 1. The average Bonchev–Trinajstić information content (AvgIpc) is 2.70. The number of rotatable bonds is 10. The van der Waals surface area contributed by atoms with Gasteiger partial charge < -0.3 is 0 Å². The van der Waals surface area contributed by atoms with Crippen LogP contribution >= 0.6 is 0 Å². The van der Waals surface area contributed by atoms with Crippen LogP contribution in [0.1, 0.15) is 107 Å². The van der Waals surface area contributed by atoms with Crippen molar-refractivity contribution in [2.75, 3.05) is 0 Å². The number of hydrogen-bond acceptors (Lipinski definition) is 1. The van der Waals surface area contributed by atoms with E-state index in [2.05, 4.69) is 25.1 Å². The van der Waals surface area contributed by atoms with Gasteiger partial charge in [0.2, 0.25) is 0 Å². The van der Waals surface area contributed by atoms with Crippen LogP contribution in [0, 0.1) is 11.8 Å². The molecule has 27 heavy (non-hydrogen) atoms. The summed E-state index contributed by atoms with van der Waals surface area (Å²) in [4.78, 5) is 11.6. The molecule has 0 saturated heterocycles. The number of unbranched alkanes of at least 4 members (excludes halogenated alkanes) is 5. The van der Waals surface area contributed by atoms with Crippen molar-refractivity contribution in [2.24, 2.45) is 11.8 Å². The monoisotopic (exact) mass is 368 g/mol. The van der Waals surface area contributed by atoms with E-state index in [1.54, 1.807) is 0 Å². The SMILES string of the molecule is CCCCCCCCC1CCC(CCc2ccc3c(c2)CCC(=O)C3)CC1. The van der Waals surface area contributed by atoms with Crippen LogP contribution in [0.5, 0.6) is 0 Å². The Balaban J connectivity index is 1.31. The van der Waals surface area contributed by atoms with Crippen LogP contribution in [0.25, 0.3) is 0 Å². The first-order chi connectivity index (χ1) is 13.2. The van der Waals surface area contributed by atoms with Crippen LogP contribution < -0.4 is 0 Å². The van der Waals surface area contributed by atoms with Crippen LogP contribution in [0.3, 0.4) is 0 Å². The summed E-state index contributed by atoms with van der Waals surface area (Å²) >= 11 is 0. The van der Waals surface area contributed by atoms with E-state index < -0.39 is 0 Å². The average molecular weight is 369 g/mol. The third-order valence-corrected chi connectivity index (χ3v) is 7.10. The lowest BCUT2D eigenvalue weighted by Gasteiger charge is -2.28. The Morgan fingerprint density at radius 1 is 0.815 bits per heavy atom. The van der Waals surface area contributed by atoms with Gasteiger partial charge in [-0.15, -0.1) is 0 Å². The zero-order chi connectivity index (χ0) is 18.9. The molecule has 0 N–H and O–H groups in total. The van der Waals surface area contributed by atoms with E-state index in [0.717, 1.165) is 24.7 Å². The number of aryl methyl sites for hydroxylation is 2. The molecule has 1 heteroatoms. The van der Waals surface area contributed by atoms with Crippen LogP contribution in [-0.2, 0) is 24.1 Å². The normalized spacial score (nSPS) is 22.6. The molecule has 0 aliphatic heterocycles. The number of ketones is 1. The Kier molecular flexibility index (Phi) is 8.42. The minimum atomic E-state index is 0.410. The predicted octanol–water partition coefficient (Wildman–Crippen LogP) is 7.23. The molecule has 1 saturated carbocycles. The van der Waals surface area contributed by atoms with E-state index in [9.17, 15) is 4.79 Å². The van der Waals surface area contributed by atoms with Crippen LogP contribution in [0.2, 0.25) is 0 Å². The smallest absolute Gasteiger partial charge is 0.137 e. The van der Waals surface area contributed by atoms with Gasteiger partial charge in [-0.2, -0.15) is 0 Å². The highest BCUT2D eigenvalue weighted by molar-refractivity contribution is 5.83. The van der Waals surface area contributed by atoms with Gasteiger partial charge in [-0.3, -0.25) is 4.79 Å². The van der Waals surface area contributed by atoms with E-state index in [1.807, 2.05) is 0 Å². The molecule has 0 radical (unpaired) electrons. The lowest BCUT2D eigenvalue weighted by molar-refractivity contribution is -0.118. The molecular weight excluding hydrogens is 328 g/mol. The van der Waals surface area contributed by atoms with Crippen LogP contribution in [0.15, 0.2) is 18.2 Å². The second kappa shape index (κ2) is 11.0. The highest BCUT2D eigenvalue weighted by Gasteiger charge is 2.21. The van der Waals surface area contributed by atoms with Gasteiger partial charge in [0.15, 0.2) is 0 Å². The molecule has 1 nitrogen and oxygen atoms in total. The summed E-state index contributed by atoms with van der Waals surface area (Å²) in [5.74, 6) is 2.38. The van der Waals surface area contributed by atoms with Crippen molar-refractivity contribution in [2.45, 2.75) is 110 Å². The van der Waals surface area contributed by atoms with Crippen LogP contribution in [0.4, 0.5) is 0 Å². The first-order valence-corrected chi connectivity index (χ1v) is 11.9. The van der Waals surface area contributed by atoms with E-state index in [1.165, 1.54) is 100 Å². The Labute approximate surface area is 167 Å². The zero-order valence-electron chi connectivity index (χ0n) is 17.6. The Hall–Kier alpha value is -1.11. The van der Waals surface area contributed by atoms with Gasteiger partial charge in [-0.1, -0.05) is 95.8 Å². The molecule has 0 atom stereocenters. The first-order valence-electron chi connectivity index (χ1n) is 11.9. The maximum absolute atomic E-state index is 11.6. The molecule has 0 unspecified atom stereocenters. The molecular formula is C26H40O. The van der Waals surface area contributed by atoms with Crippen molar-refractivity contribution in [1.82, 2.24) is 0 Å². The molecule has 0 bridgehead atoms. The third-order valence-electron chi connectivity index (χ3n) is 7.10. The van der Waals surface area contributed by atoms with Crippen molar-refractivity contribution >= 4 is 5.78 Å². The second-order valence-corrected chi connectivity index (χ2v) is 9.30. The van der Waals surface area contributed by atoms with Gasteiger partial charge in [-0.25, -0.2) is 0 Å². The molecule has 1 aromatic carbocycles. The Morgan fingerprint density at radius 2 is 1.52 bits per heavy atom. The van der Waals surface area contributed by atoms with Gasteiger partial charge in [0.05, 0.1) is 0 Å². The Morgan fingerprint density at radius 3 is 2.30 bits per heavy atom. The molecule has 0 heterocycles. The minimum Gasteiger partial charge on any atom is -0.299 e. The fraction of sp³-hybridized carbons (Fsp3) is 0.731. The van der Waals surface area contributed by atoms with Crippen molar-refractivity contribution in [3.8, 4) is 0 Å². The summed E-state index contributed by atoms with van der Waals surface area (Å²) in [5, 5.41) is 0. The molecule has 0 spiro atoms. The molecule has 2 aliphatic rings. The van der Waals surface area contributed by atoms with Gasteiger partial charge >= 0.3 is 0 Å². The molecule has 3 rings (SSSR count). The molecule has 2 aliphatic carbocycles. The number of hydrogen-bond donors (Lipinski definition) is 0. The number of carbonyl (C=O) groups is 1. The molecule has 150 valence electrons. The number of fused-ring (bicyclic) bond motifs is 1. The summed E-state index contributed by atoms with van der Waals surface area (Å²) in [6.45, 7) is 2.30. The quantitative estimate of drug-likeness (QED) is 0.398. The lowest BCUT2D eigenvalue weighted by atomic mass is 9.77. The number of benzene rings is 1. The van der Waals surface area contributed by atoms with Crippen molar-refractivity contribution in [3.05, 3.63) is 34.9 Å². The van der Waals surface area contributed by atoms with Gasteiger partial charge in [0.1, 0.15) is 5.78 Å². The third kappa shape index (κ3) is 6.77. The van der Waals surface area contributed by atoms with Crippen LogP contribution in [-0.4, -0.2) is 5.78 Å². The first kappa shape index (κ1) is 20.6. The van der Waals surface area contributed by atoms with E-state index in [-0.39, 0.29) is 0 Å². The fourth-order valence-electron chi connectivity index (χ4n) is 5.21. The van der Waals surface area contributed by atoms with E-state index in [4.69, 9.17) is 0 Å². The predicted molar refractivity (Wildman–Crippen MR) is 115 cm³/mol. The van der Waals surface area contributed by atoms with Crippen molar-refractivity contribution < 1.29 is 4.79 Å². The Bertz CT molecular complexity index is 580. The summed E-state index contributed by atoms with van der Waals surface area (Å²) < 4.78 is 0. The van der Waals surface area contributed by atoms with Gasteiger partial charge in [0, 0.05) is 12.8 Å². The zero-order valence-corrected chi connectivity index (χ0v) is 17.6. The van der Waals surface area contributed by atoms with Gasteiger partial charge in [-0.05, 0) is 47.8 Å². The summed E-state index contributed by atoms with van der Waals surface area (Å²) in [6, 6.07) is 6.90. The highest BCUT2D eigenvalue weighted by atomic mass is 16.1. The maximum atomic E-state index is 11.6. The number of Topliss-reactive ketones (excluding diaryl/α,β-unsaturated/α-hetero) is 1. The van der Waals surface area contributed by atoms with Gasteiger partial charge in [0.25, 0.3) is 0 Å². The topological polar surface area (TPSA) is 17.1 Å². The minimum absolute atomic E-state index is 0.410. The fourth-order valence-corrected chi connectivity index (χ4v) is 5.21. The summed E-state index contributed by atoms with van der Waals surface area (Å²) in [6.07, 6.45) is 20.9. The molecule has 0 amide bonds. The summed E-state index contributed by atoms with van der Waals surface area (Å²) in [7, 11) is 0. The van der Waals surface area contributed by atoms with E-state index in [0.29, 0.717) is 12.2 Å².